The van der Waals surface area contributed by atoms with Crippen LogP contribution < -0.4 is 0 Å². The smallest absolute Gasteiger partial charge is 0.224 e. The largest absolute Gasteiger partial charge is 0.265 e. The minimum Gasteiger partial charge on any atom is -0.265 e. The molecule has 15 heavy (non-hydrogen) atoms. The highest BCUT2D eigenvalue weighted by atomic mass is 32.1. The second kappa shape index (κ2) is 4.83. The van der Waals surface area contributed by atoms with E-state index in [-0.39, 0.29) is 0 Å². The first-order valence-electron chi connectivity index (χ1n) is 4.31. The Hall–Kier alpha value is -1.50. The molecule has 0 unspecified atom stereocenters. The molecule has 1 rings (SSSR count). The molecule has 82 valence electrons. The molecule has 0 bridgehead atoms. The molecule has 1 heterocycles. The fourth-order valence-corrected chi connectivity index (χ4v) is 2.21. The zero-order chi connectivity index (χ0) is 11.4. The van der Waals surface area contributed by atoms with E-state index in [1.54, 1.807) is 17.5 Å². The van der Waals surface area contributed by atoms with E-state index < -0.39 is 28.4 Å². The van der Waals surface area contributed by atoms with Gasteiger partial charge in [0.05, 0.1) is 0 Å². The Balaban J connectivity index is 2.88. The Morgan fingerprint density at radius 2 is 2.13 bits per heavy atom. The molecule has 0 N–H and O–H groups in total. The van der Waals surface area contributed by atoms with E-state index in [1.165, 1.54) is 18.3 Å². The Bertz CT molecular complexity index is 352. The standard InChI is InChI=1S/C8H10N2O4S/c1-6(10(13)14)7(5-9(11)12)8-3-2-4-15-8/h2-4,6-7H,5H2,1H3/t6-,7-/m0/s1. The van der Waals surface area contributed by atoms with Gasteiger partial charge >= 0.3 is 0 Å². The molecule has 0 spiro atoms. The minimum absolute atomic E-state index is 0.400. The Morgan fingerprint density at radius 3 is 2.53 bits per heavy atom. The third-order valence-corrected chi connectivity index (χ3v) is 3.17. The van der Waals surface area contributed by atoms with Crippen LogP contribution in [-0.2, 0) is 0 Å². The second-order valence-electron chi connectivity index (χ2n) is 3.16. The molecule has 2 atom stereocenters. The SMILES string of the molecule is C[C@@H]([C@H](C[N+](=O)[O-])c1cccs1)[N+](=O)[O-]. The van der Waals surface area contributed by atoms with Crippen LogP contribution in [-0.4, -0.2) is 22.4 Å². The van der Waals surface area contributed by atoms with Crippen molar-refractivity contribution in [1.82, 2.24) is 0 Å². The van der Waals surface area contributed by atoms with Gasteiger partial charge in [0.25, 0.3) is 0 Å². The van der Waals surface area contributed by atoms with E-state index in [2.05, 4.69) is 0 Å². The molecule has 0 saturated carbocycles. The zero-order valence-electron chi connectivity index (χ0n) is 8.03. The quantitative estimate of drug-likeness (QED) is 0.569. The van der Waals surface area contributed by atoms with Crippen molar-refractivity contribution in [2.75, 3.05) is 6.54 Å². The van der Waals surface area contributed by atoms with Crippen LogP contribution in [0, 0.1) is 20.2 Å². The van der Waals surface area contributed by atoms with Crippen LogP contribution >= 0.6 is 11.3 Å². The summed E-state index contributed by atoms with van der Waals surface area (Å²) in [7, 11) is 0. The van der Waals surface area contributed by atoms with E-state index >= 15 is 0 Å². The average Bonchev–Trinajstić information content (AvgIpc) is 2.65. The Labute approximate surface area is 89.8 Å². The van der Waals surface area contributed by atoms with Crippen molar-refractivity contribution in [2.45, 2.75) is 18.9 Å². The van der Waals surface area contributed by atoms with Crippen LogP contribution in [0.15, 0.2) is 17.5 Å². The van der Waals surface area contributed by atoms with Gasteiger partial charge in [0.15, 0.2) is 0 Å². The third-order valence-electron chi connectivity index (χ3n) is 2.17. The van der Waals surface area contributed by atoms with Crippen molar-refractivity contribution in [3.63, 3.8) is 0 Å². The van der Waals surface area contributed by atoms with Crippen molar-refractivity contribution in [3.05, 3.63) is 42.6 Å². The van der Waals surface area contributed by atoms with Crippen LogP contribution in [0.5, 0.6) is 0 Å². The lowest BCUT2D eigenvalue weighted by molar-refractivity contribution is -0.543. The molecular formula is C8H10N2O4S. The van der Waals surface area contributed by atoms with E-state index in [9.17, 15) is 20.2 Å². The van der Waals surface area contributed by atoms with Crippen molar-refractivity contribution in [1.29, 1.82) is 0 Å². The second-order valence-corrected chi connectivity index (χ2v) is 4.14. The summed E-state index contributed by atoms with van der Waals surface area (Å²) < 4.78 is 0. The molecule has 0 saturated heterocycles. The summed E-state index contributed by atoms with van der Waals surface area (Å²) in [6.45, 7) is 0.997. The predicted molar refractivity (Wildman–Crippen MR) is 55.4 cm³/mol. The van der Waals surface area contributed by atoms with Crippen LogP contribution in [0.3, 0.4) is 0 Å². The minimum atomic E-state index is -0.936. The molecule has 0 aliphatic rings. The summed E-state index contributed by atoms with van der Waals surface area (Å²) in [5.74, 6) is -0.644. The fourth-order valence-electron chi connectivity index (χ4n) is 1.29. The normalized spacial score (nSPS) is 14.5. The molecule has 0 aromatic carbocycles. The van der Waals surface area contributed by atoms with Crippen molar-refractivity contribution in [2.24, 2.45) is 0 Å². The summed E-state index contributed by atoms with van der Waals surface area (Å²) in [6.07, 6.45) is 0. The summed E-state index contributed by atoms with van der Waals surface area (Å²) in [5, 5.41) is 22.8. The van der Waals surface area contributed by atoms with Crippen molar-refractivity contribution in [3.8, 4) is 0 Å². The van der Waals surface area contributed by atoms with E-state index in [0.29, 0.717) is 4.88 Å². The first kappa shape index (κ1) is 11.6. The van der Waals surface area contributed by atoms with Gasteiger partial charge < -0.3 is 0 Å². The molecule has 6 nitrogen and oxygen atoms in total. The molecule has 0 fully saturated rings. The summed E-state index contributed by atoms with van der Waals surface area (Å²) in [6, 6.07) is 2.49. The van der Waals surface area contributed by atoms with Gasteiger partial charge in [-0.1, -0.05) is 6.07 Å². The monoisotopic (exact) mass is 230 g/mol. The maximum absolute atomic E-state index is 10.6. The first-order chi connectivity index (χ1) is 7.02. The number of nitro groups is 2. The first-order valence-corrected chi connectivity index (χ1v) is 5.19. The van der Waals surface area contributed by atoms with Gasteiger partial charge in [-0.05, 0) is 11.4 Å². The number of rotatable bonds is 5. The van der Waals surface area contributed by atoms with Crippen LogP contribution in [0.1, 0.15) is 17.7 Å². The van der Waals surface area contributed by atoms with Gasteiger partial charge in [0, 0.05) is 21.6 Å². The average molecular weight is 230 g/mol. The number of thiophene rings is 1. The van der Waals surface area contributed by atoms with Gasteiger partial charge in [-0.2, -0.15) is 0 Å². The summed E-state index contributed by atoms with van der Waals surface area (Å²) >= 11 is 1.31. The van der Waals surface area contributed by atoms with Gasteiger partial charge in [-0.3, -0.25) is 20.2 Å². The molecule has 0 aliphatic heterocycles. The zero-order valence-corrected chi connectivity index (χ0v) is 8.85. The fraction of sp³-hybridized carbons (Fsp3) is 0.500. The van der Waals surface area contributed by atoms with Crippen molar-refractivity contribution >= 4 is 11.3 Å². The molecule has 7 heteroatoms. The third kappa shape index (κ3) is 2.98. The summed E-state index contributed by atoms with van der Waals surface area (Å²) in [4.78, 5) is 20.7. The van der Waals surface area contributed by atoms with E-state index in [1.807, 2.05) is 0 Å². The molecule has 1 aromatic heterocycles. The van der Waals surface area contributed by atoms with Gasteiger partial charge in [0.2, 0.25) is 12.6 Å². The lowest BCUT2D eigenvalue weighted by Gasteiger charge is -2.12. The van der Waals surface area contributed by atoms with E-state index in [4.69, 9.17) is 0 Å². The maximum Gasteiger partial charge on any atom is 0.224 e. The van der Waals surface area contributed by atoms with Gasteiger partial charge in [-0.15, -0.1) is 11.3 Å². The Kier molecular flexibility index (Phi) is 3.73. The van der Waals surface area contributed by atoms with Crippen LogP contribution in [0.2, 0.25) is 0 Å². The highest BCUT2D eigenvalue weighted by Gasteiger charge is 2.33. The Morgan fingerprint density at radius 1 is 1.47 bits per heavy atom. The molecule has 0 radical (unpaired) electrons. The van der Waals surface area contributed by atoms with Gasteiger partial charge in [0.1, 0.15) is 5.92 Å². The topological polar surface area (TPSA) is 86.3 Å². The predicted octanol–water partition coefficient (Wildman–Crippen LogP) is 1.77. The van der Waals surface area contributed by atoms with Crippen molar-refractivity contribution < 1.29 is 9.85 Å². The lowest BCUT2D eigenvalue weighted by Crippen LogP contribution is -2.28. The highest BCUT2D eigenvalue weighted by Crippen LogP contribution is 2.25. The summed E-state index contributed by atoms with van der Waals surface area (Å²) in [5.41, 5.74) is 0. The molecule has 0 amide bonds. The van der Waals surface area contributed by atoms with Gasteiger partial charge in [-0.25, -0.2) is 0 Å². The number of nitrogens with zero attached hydrogens (tertiary/aromatic N) is 2. The maximum atomic E-state index is 10.6. The molecular weight excluding hydrogens is 220 g/mol. The number of hydrogen-bond acceptors (Lipinski definition) is 5. The van der Waals surface area contributed by atoms with Crippen LogP contribution in [0.4, 0.5) is 0 Å². The molecule has 0 aliphatic carbocycles. The lowest BCUT2D eigenvalue weighted by atomic mass is 10.0. The number of hydrogen-bond donors (Lipinski definition) is 0. The highest BCUT2D eigenvalue weighted by molar-refractivity contribution is 7.10. The molecule has 1 aromatic rings. The van der Waals surface area contributed by atoms with E-state index in [0.717, 1.165) is 0 Å². The van der Waals surface area contributed by atoms with Crippen LogP contribution in [0.25, 0.3) is 0 Å².